The van der Waals surface area contributed by atoms with Gasteiger partial charge in [0.15, 0.2) is 5.82 Å². The van der Waals surface area contributed by atoms with Crippen molar-refractivity contribution in [3.8, 4) is 0 Å². The highest BCUT2D eigenvalue weighted by atomic mass is 15.4. The molecule has 0 fully saturated rings. The molecule has 2 aromatic rings. The summed E-state index contributed by atoms with van der Waals surface area (Å²) in [5.41, 5.74) is 11.3. The van der Waals surface area contributed by atoms with Crippen LogP contribution in [0.5, 0.6) is 0 Å². The van der Waals surface area contributed by atoms with Crippen molar-refractivity contribution in [2.24, 2.45) is 7.05 Å². The lowest BCUT2D eigenvalue weighted by atomic mass is 10.1. The number of rotatable bonds is 2. The maximum Gasteiger partial charge on any atom is 0.154 e. The van der Waals surface area contributed by atoms with Crippen molar-refractivity contribution >= 4 is 17.2 Å². The summed E-state index contributed by atoms with van der Waals surface area (Å²) in [6, 6.07) is 6.40. The first-order valence-corrected chi connectivity index (χ1v) is 6.02. The van der Waals surface area contributed by atoms with E-state index >= 15 is 0 Å². The van der Waals surface area contributed by atoms with Gasteiger partial charge in [0.05, 0.1) is 11.4 Å². The van der Waals surface area contributed by atoms with Gasteiger partial charge in [0.25, 0.3) is 0 Å². The third kappa shape index (κ3) is 1.94. The van der Waals surface area contributed by atoms with Gasteiger partial charge in [0.2, 0.25) is 0 Å². The van der Waals surface area contributed by atoms with Gasteiger partial charge >= 0.3 is 0 Å². The molecule has 2 rings (SSSR count). The predicted molar refractivity (Wildman–Crippen MR) is 76.3 cm³/mol. The van der Waals surface area contributed by atoms with Crippen molar-refractivity contribution in [3.05, 3.63) is 35.0 Å². The van der Waals surface area contributed by atoms with Crippen molar-refractivity contribution in [3.63, 3.8) is 0 Å². The molecule has 0 spiro atoms. The van der Waals surface area contributed by atoms with Crippen LogP contribution in [0.4, 0.5) is 17.2 Å². The normalized spacial score (nSPS) is 10.7. The van der Waals surface area contributed by atoms with Crippen LogP contribution in [0.25, 0.3) is 0 Å². The molecule has 0 saturated heterocycles. The summed E-state index contributed by atoms with van der Waals surface area (Å²) in [7, 11) is 3.93. The van der Waals surface area contributed by atoms with Crippen molar-refractivity contribution in [1.82, 2.24) is 9.78 Å². The van der Waals surface area contributed by atoms with Gasteiger partial charge in [-0.1, -0.05) is 17.7 Å². The fourth-order valence-electron chi connectivity index (χ4n) is 2.36. The Labute approximate surface area is 108 Å². The van der Waals surface area contributed by atoms with Crippen molar-refractivity contribution in [2.45, 2.75) is 20.8 Å². The first-order valence-electron chi connectivity index (χ1n) is 6.02. The number of aromatic nitrogens is 2. The minimum Gasteiger partial charge on any atom is -0.394 e. The summed E-state index contributed by atoms with van der Waals surface area (Å²) in [5, 5.41) is 4.35. The van der Waals surface area contributed by atoms with Gasteiger partial charge in [-0.15, -0.1) is 0 Å². The average Bonchev–Trinajstić information content (AvgIpc) is 2.52. The largest absolute Gasteiger partial charge is 0.394 e. The number of hydrogen-bond acceptors (Lipinski definition) is 3. The molecule has 0 unspecified atom stereocenters. The van der Waals surface area contributed by atoms with E-state index < -0.39 is 0 Å². The number of nitrogen functional groups attached to an aromatic ring is 1. The second-order valence-corrected chi connectivity index (χ2v) is 4.80. The second-order valence-electron chi connectivity index (χ2n) is 4.80. The maximum absolute atomic E-state index is 6.10. The molecule has 2 N–H and O–H groups in total. The molecule has 0 bridgehead atoms. The highest BCUT2D eigenvalue weighted by Crippen LogP contribution is 2.32. The summed E-state index contributed by atoms with van der Waals surface area (Å²) in [6.45, 7) is 6.13. The summed E-state index contributed by atoms with van der Waals surface area (Å²) < 4.78 is 1.82. The molecule has 1 aromatic carbocycles. The average molecular weight is 244 g/mol. The van der Waals surface area contributed by atoms with E-state index in [0.717, 1.165) is 22.9 Å². The molecule has 0 radical (unpaired) electrons. The molecule has 18 heavy (non-hydrogen) atoms. The fourth-order valence-corrected chi connectivity index (χ4v) is 2.36. The van der Waals surface area contributed by atoms with Gasteiger partial charge in [-0.05, 0) is 32.4 Å². The third-order valence-electron chi connectivity index (χ3n) is 3.27. The van der Waals surface area contributed by atoms with Gasteiger partial charge in [-0.3, -0.25) is 4.68 Å². The standard InChI is InChI=1S/C14H20N4/c1-9-6-7-12(10(2)8-9)17(4)14-13(15)11(3)16-18(14)5/h6-8H,15H2,1-5H3. The zero-order valence-electron chi connectivity index (χ0n) is 11.7. The van der Waals surface area contributed by atoms with Crippen LogP contribution in [0.2, 0.25) is 0 Å². The smallest absolute Gasteiger partial charge is 0.154 e. The van der Waals surface area contributed by atoms with E-state index in [0.29, 0.717) is 0 Å². The van der Waals surface area contributed by atoms with Crippen LogP contribution in [-0.4, -0.2) is 16.8 Å². The highest BCUT2D eigenvalue weighted by Gasteiger charge is 2.16. The van der Waals surface area contributed by atoms with E-state index in [9.17, 15) is 0 Å². The van der Waals surface area contributed by atoms with Crippen LogP contribution >= 0.6 is 0 Å². The van der Waals surface area contributed by atoms with Crippen LogP contribution in [0.1, 0.15) is 16.8 Å². The molecule has 1 aromatic heterocycles. The quantitative estimate of drug-likeness (QED) is 0.883. The Hall–Kier alpha value is -1.97. The number of benzene rings is 1. The summed E-state index contributed by atoms with van der Waals surface area (Å²) in [5.74, 6) is 0.930. The fraction of sp³-hybridized carbons (Fsp3) is 0.357. The Balaban J connectivity index is 2.51. The Morgan fingerprint density at radius 3 is 2.39 bits per heavy atom. The number of hydrogen-bond donors (Lipinski definition) is 1. The maximum atomic E-state index is 6.10. The van der Waals surface area contributed by atoms with E-state index in [1.54, 1.807) is 0 Å². The summed E-state index contributed by atoms with van der Waals surface area (Å²) >= 11 is 0. The van der Waals surface area contributed by atoms with E-state index in [1.165, 1.54) is 11.1 Å². The predicted octanol–water partition coefficient (Wildman–Crippen LogP) is 2.70. The summed E-state index contributed by atoms with van der Waals surface area (Å²) in [4.78, 5) is 2.09. The van der Waals surface area contributed by atoms with E-state index in [4.69, 9.17) is 5.73 Å². The SMILES string of the molecule is Cc1ccc(N(C)c2c(N)c(C)nn2C)c(C)c1. The van der Waals surface area contributed by atoms with E-state index in [2.05, 4.69) is 42.0 Å². The van der Waals surface area contributed by atoms with Gasteiger partial charge < -0.3 is 10.6 Å². The molecular formula is C14H20N4. The molecule has 0 aliphatic rings. The molecular weight excluding hydrogens is 224 g/mol. The van der Waals surface area contributed by atoms with Gasteiger partial charge in [-0.2, -0.15) is 5.10 Å². The molecule has 0 aliphatic heterocycles. The minimum absolute atomic E-state index is 0.736. The zero-order valence-corrected chi connectivity index (χ0v) is 11.7. The Kier molecular flexibility index (Phi) is 3.03. The topological polar surface area (TPSA) is 47.1 Å². The number of anilines is 3. The molecule has 4 heteroatoms. The lowest BCUT2D eigenvalue weighted by Gasteiger charge is -2.22. The first-order chi connectivity index (χ1) is 8.41. The van der Waals surface area contributed by atoms with Crippen molar-refractivity contribution < 1.29 is 0 Å². The van der Waals surface area contributed by atoms with Crippen molar-refractivity contribution in [2.75, 3.05) is 17.7 Å². The first kappa shape index (κ1) is 12.5. The highest BCUT2D eigenvalue weighted by molar-refractivity contribution is 5.74. The van der Waals surface area contributed by atoms with Gasteiger partial charge in [-0.25, -0.2) is 0 Å². The number of nitrogens with two attached hydrogens (primary N) is 1. The van der Waals surface area contributed by atoms with Crippen LogP contribution < -0.4 is 10.6 Å². The van der Waals surface area contributed by atoms with Crippen molar-refractivity contribution in [1.29, 1.82) is 0 Å². The Bertz CT molecular complexity index is 584. The van der Waals surface area contributed by atoms with Gasteiger partial charge in [0, 0.05) is 19.8 Å². The second kappa shape index (κ2) is 4.37. The molecule has 96 valence electrons. The minimum atomic E-state index is 0.736. The van der Waals surface area contributed by atoms with Crippen LogP contribution in [0.3, 0.4) is 0 Å². The zero-order chi connectivity index (χ0) is 13.4. The van der Waals surface area contributed by atoms with E-state index in [-0.39, 0.29) is 0 Å². The molecule has 0 aliphatic carbocycles. The Morgan fingerprint density at radius 2 is 1.89 bits per heavy atom. The molecule has 0 atom stereocenters. The monoisotopic (exact) mass is 244 g/mol. The lowest BCUT2D eigenvalue weighted by Crippen LogP contribution is -2.16. The van der Waals surface area contributed by atoms with Crippen LogP contribution in [0.15, 0.2) is 18.2 Å². The lowest BCUT2D eigenvalue weighted by molar-refractivity contribution is 0.750. The summed E-state index contributed by atoms with van der Waals surface area (Å²) in [6.07, 6.45) is 0. The van der Waals surface area contributed by atoms with Crippen LogP contribution in [-0.2, 0) is 7.05 Å². The molecule has 0 amide bonds. The molecule has 1 heterocycles. The third-order valence-corrected chi connectivity index (χ3v) is 3.27. The van der Waals surface area contributed by atoms with Gasteiger partial charge in [0.1, 0.15) is 0 Å². The molecule has 0 saturated carbocycles. The van der Waals surface area contributed by atoms with Crippen LogP contribution in [0, 0.1) is 20.8 Å². The number of aryl methyl sites for hydroxylation is 4. The number of nitrogens with zero attached hydrogens (tertiary/aromatic N) is 3. The molecule has 4 nitrogen and oxygen atoms in total. The van der Waals surface area contributed by atoms with E-state index in [1.807, 2.05) is 25.7 Å². The Morgan fingerprint density at radius 1 is 1.22 bits per heavy atom.